The van der Waals surface area contributed by atoms with Gasteiger partial charge < -0.3 is 10.1 Å². The summed E-state index contributed by atoms with van der Waals surface area (Å²) in [4.78, 5) is 4.31. The zero-order valence-electron chi connectivity index (χ0n) is 10.4. The molecule has 2 rings (SSSR count). The van der Waals surface area contributed by atoms with Crippen LogP contribution in [0.3, 0.4) is 0 Å². The Balaban J connectivity index is 2.09. The van der Waals surface area contributed by atoms with Gasteiger partial charge in [-0.15, -0.1) is 0 Å². The summed E-state index contributed by atoms with van der Waals surface area (Å²) in [6.45, 7) is 2.76. The van der Waals surface area contributed by atoms with Gasteiger partial charge in [0.15, 0.2) is 0 Å². The second-order valence-electron chi connectivity index (χ2n) is 4.00. The maximum absolute atomic E-state index is 5.20. The Morgan fingerprint density at radius 1 is 1.33 bits per heavy atom. The highest BCUT2D eigenvalue weighted by Gasteiger charge is 2.03. The number of pyridine rings is 1. The highest BCUT2D eigenvalue weighted by atomic mass is 79.9. The third kappa shape index (κ3) is 3.01. The molecule has 2 aromatic rings. The van der Waals surface area contributed by atoms with Crippen molar-refractivity contribution in [3.05, 3.63) is 52.1 Å². The molecule has 0 bridgehead atoms. The lowest BCUT2D eigenvalue weighted by Crippen LogP contribution is -2.02. The van der Waals surface area contributed by atoms with Crippen molar-refractivity contribution < 1.29 is 4.74 Å². The third-order valence-electron chi connectivity index (χ3n) is 2.68. The molecule has 4 heteroatoms. The Kier molecular flexibility index (Phi) is 4.20. The molecule has 0 fully saturated rings. The van der Waals surface area contributed by atoms with E-state index < -0.39 is 0 Å². The molecule has 0 amide bonds. The van der Waals surface area contributed by atoms with Crippen molar-refractivity contribution in [2.45, 2.75) is 13.5 Å². The van der Waals surface area contributed by atoms with Gasteiger partial charge in [0.05, 0.1) is 11.6 Å². The van der Waals surface area contributed by atoms with Crippen LogP contribution in [0.25, 0.3) is 0 Å². The predicted octanol–water partition coefficient (Wildman–Crippen LogP) is 3.77. The Labute approximate surface area is 115 Å². The monoisotopic (exact) mass is 306 g/mol. The Bertz CT molecular complexity index is 543. The highest BCUT2D eigenvalue weighted by Crippen LogP contribution is 2.24. The fourth-order valence-corrected chi connectivity index (χ4v) is 2.01. The molecular formula is C14H15BrN2O. The first-order chi connectivity index (χ1) is 8.70. The van der Waals surface area contributed by atoms with Crippen LogP contribution in [0.4, 0.5) is 5.82 Å². The summed E-state index contributed by atoms with van der Waals surface area (Å²) >= 11 is 3.53. The average molecular weight is 307 g/mol. The molecule has 0 spiro atoms. The summed E-state index contributed by atoms with van der Waals surface area (Å²) in [5.74, 6) is 1.73. The SMILES string of the molecule is COc1cccc(CNc2nccc(C)c2Br)c1. The van der Waals surface area contributed by atoms with Gasteiger partial charge in [-0.3, -0.25) is 0 Å². The van der Waals surface area contributed by atoms with Crippen molar-refractivity contribution in [2.24, 2.45) is 0 Å². The van der Waals surface area contributed by atoms with Crippen molar-refractivity contribution in [3.63, 3.8) is 0 Å². The Hall–Kier alpha value is -1.55. The van der Waals surface area contributed by atoms with Gasteiger partial charge in [0.1, 0.15) is 11.6 Å². The minimum Gasteiger partial charge on any atom is -0.497 e. The van der Waals surface area contributed by atoms with Crippen LogP contribution in [-0.4, -0.2) is 12.1 Å². The number of anilines is 1. The quantitative estimate of drug-likeness (QED) is 0.933. The van der Waals surface area contributed by atoms with Crippen LogP contribution in [-0.2, 0) is 6.54 Å². The smallest absolute Gasteiger partial charge is 0.140 e. The maximum atomic E-state index is 5.20. The van der Waals surface area contributed by atoms with Crippen molar-refractivity contribution in [2.75, 3.05) is 12.4 Å². The van der Waals surface area contributed by atoms with E-state index in [1.165, 1.54) is 0 Å². The van der Waals surface area contributed by atoms with Crippen LogP contribution < -0.4 is 10.1 Å². The van der Waals surface area contributed by atoms with E-state index in [0.717, 1.165) is 27.2 Å². The lowest BCUT2D eigenvalue weighted by atomic mass is 10.2. The topological polar surface area (TPSA) is 34.1 Å². The van der Waals surface area contributed by atoms with E-state index in [1.807, 2.05) is 31.2 Å². The minimum atomic E-state index is 0.715. The molecule has 0 aliphatic rings. The van der Waals surface area contributed by atoms with Crippen molar-refractivity contribution in [1.29, 1.82) is 0 Å². The molecule has 1 heterocycles. The molecule has 0 unspecified atom stereocenters. The van der Waals surface area contributed by atoms with Gasteiger partial charge in [0, 0.05) is 12.7 Å². The number of ether oxygens (including phenoxy) is 1. The molecule has 1 aromatic carbocycles. The van der Waals surface area contributed by atoms with Gasteiger partial charge in [-0.2, -0.15) is 0 Å². The molecule has 1 aromatic heterocycles. The van der Waals surface area contributed by atoms with E-state index >= 15 is 0 Å². The first kappa shape index (κ1) is 12.9. The predicted molar refractivity (Wildman–Crippen MR) is 77.0 cm³/mol. The zero-order valence-corrected chi connectivity index (χ0v) is 12.0. The van der Waals surface area contributed by atoms with Crippen LogP contribution in [0.15, 0.2) is 41.0 Å². The molecule has 0 radical (unpaired) electrons. The number of methoxy groups -OCH3 is 1. The summed E-state index contributed by atoms with van der Waals surface area (Å²) in [6, 6.07) is 9.95. The number of halogens is 1. The number of nitrogens with one attached hydrogen (secondary N) is 1. The van der Waals surface area contributed by atoms with Crippen LogP contribution in [0.1, 0.15) is 11.1 Å². The molecule has 18 heavy (non-hydrogen) atoms. The minimum absolute atomic E-state index is 0.715. The molecule has 3 nitrogen and oxygen atoms in total. The molecule has 94 valence electrons. The zero-order chi connectivity index (χ0) is 13.0. The number of benzene rings is 1. The first-order valence-corrected chi connectivity index (χ1v) is 6.48. The third-order valence-corrected chi connectivity index (χ3v) is 3.68. The van der Waals surface area contributed by atoms with E-state index in [0.29, 0.717) is 6.54 Å². The number of rotatable bonds is 4. The molecule has 1 N–H and O–H groups in total. The van der Waals surface area contributed by atoms with Crippen LogP contribution >= 0.6 is 15.9 Å². The van der Waals surface area contributed by atoms with E-state index in [2.05, 4.69) is 32.3 Å². The highest BCUT2D eigenvalue weighted by molar-refractivity contribution is 9.10. The van der Waals surface area contributed by atoms with E-state index in [-0.39, 0.29) is 0 Å². The van der Waals surface area contributed by atoms with Crippen LogP contribution in [0.5, 0.6) is 5.75 Å². The van der Waals surface area contributed by atoms with E-state index in [4.69, 9.17) is 4.74 Å². The normalized spacial score (nSPS) is 10.2. The summed E-state index contributed by atoms with van der Waals surface area (Å²) in [6.07, 6.45) is 1.80. The summed E-state index contributed by atoms with van der Waals surface area (Å²) in [7, 11) is 1.67. The van der Waals surface area contributed by atoms with Gasteiger partial charge >= 0.3 is 0 Å². The number of nitrogens with zero attached hydrogens (tertiary/aromatic N) is 1. The van der Waals surface area contributed by atoms with Crippen LogP contribution in [0.2, 0.25) is 0 Å². The number of hydrogen-bond donors (Lipinski definition) is 1. The van der Waals surface area contributed by atoms with Gasteiger partial charge in [-0.1, -0.05) is 12.1 Å². The molecule has 0 atom stereocenters. The van der Waals surface area contributed by atoms with Gasteiger partial charge in [0.2, 0.25) is 0 Å². The van der Waals surface area contributed by atoms with Crippen molar-refractivity contribution in [1.82, 2.24) is 4.98 Å². The fourth-order valence-electron chi connectivity index (χ4n) is 1.63. The molecule has 0 aliphatic heterocycles. The molecule has 0 saturated heterocycles. The summed E-state index contributed by atoms with van der Waals surface area (Å²) in [5.41, 5.74) is 2.32. The second-order valence-corrected chi connectivity index (χ2v) is 4.79. The largest absolute Gasteiger partial charge is 0.497 e. The van der Waals surface area contributed by atoms with Crippen molar-refractivity contribution >= 4 is 21.7 Å². The molecular weight excluding hydrogens is 292 g/mol. The van der Waals surface area contributed by atoms with Crippen molar-refractivity contribution in [3.8, 4) is 5.75 Å². The summed E-state index contributed by atoms with van der Waals surface area (Å²) in [5, 5.41) is 3.31. The lowest BCUT2D eigenvalue weighted by Gasteiger charge is -2.09. The van der Waals surface area contributed by atoms with Gasteiger partial charge in [-0.05, 0) is 52.2 Å². The molecule has 0 saturated carbocycles. The number of hydrogen-bond acceptors (Lipinski definition) is 3. The van der Waals surface area contributed by atoms with Gasteiger partial charge in [-0.25, -0.2) is 4.98 Å². The summed E-state index contributed by atoms with van der Waals surface area (Å²) < 4.78 is 6.20. The number of aromatic nitrogens is 1. The Morgan fingerprint density at radius 2 is 2.17 bits per heavy atom. The maximum Gasteiger partial charge on any atom is 0.140 e. The average Bonchev–Trinajstić information content (AvgIpc) is 2.41. The second kappa shape index (κ2) is 5.87. The fraction of sp³-hybridized carbons (Fsp3) is 0.214. The standard InChI is InChI=1S/C14H15BrN2O/c1-10-6-7-16-14(13(10)15)17-9-11-4-3-5-12(8-11)18-2/h3-8H,9H2,1-2H3,(H,16,17). The lowest BCUT2D eigenvalue weighted by molar-refractivity contribution is 0.414. The van der Waals surface area contributed by atoms with Gasteiger partial charge in [0.25, 0.3) is 0 Å². The van der Waals surface area contributed by atoms with E-state index in [1.54, 1.807) is 13.3 Å². The first-order valence-electron chi connectivity index (χ1n) is 5.68. The van der Waals surface area contributed by atoms with E-state index in [9.17, 15) is 0 Å². The van der Waals surface area contributed by atoms with Crippen LogP contribution in [0, 0.1) is 6.92 Å². The number of aryl methyl sites for hydroxylation is 1. The molecule has 0 aliphatic carbocycles. The Morgan fingerprint density at radius 3 is 2.94 bits per heavy atom.